The van der Waals surface area contributed by atoms with Gasteiger partial charge in [-0.25, -0.2) is 9.97 Å². The first-order valence-electron chi connectivity index (χ1n) is 7.93. The predicted molar refractivity (Wildman–Crippen MR) is 92.3 cm³/mol. The molecule has 0 amide bonds. The van der Waals surface area contributed by atoms with Crippen molar-refractivity contribution in [2.24, 2.45) is 0 Å². The zero-order valence-electron chi connectivity index (χ0n) is 12.9. The minimum absolute atomic E-state index is 0.784. The number of pyridine rings is 1. The lowest BCUT2D eigenvalue weighted by Gasteiger charge is -2.05. The number of H-pyrrole nitrogens is 1. The fourth-order valence-corrected chi connectivity index (χ4v) is 2.57. The molecule has 0 bridgehead atoms. The molecular weight excluding hydrogens is 270 g/mol. The maximum absolute atomic E-state index is 4.65. The third kappa shape index (κ3) is 3.42. The average molecular weight is 291 g/mol. The Morgan fingerprint density at radius 3 is 2.73 bits per heavy atom. The summed E-state index contributed by atoms with van der Waals surface area (Å²) < 4.78 is 0. The van der Waals surface area contributed by atoms with Crippen molar-refractivity contribution in [2.45, 2.75) is 32.6 Å². The first-order chi connectivity index (χ1) is 10.9. The van der Waals surface area contributed by atoms with Gasteiger partial charge in [-0.2, -0.15) is 0 Å². The van der Waals surface area contributed by atoms with Crippen LogP contribution < -0.4 is 0 Å². The van der Waals surface area contributed by atoms with Crippen molar-refractivity contribution < 1.29 is 0 Å². The maximum Gasteiger partial charge on any atom is 0.178 e. The average Bonchev–Trinajstić information content (AvgIpc) is 2.99. The molecule has 1 N–H and O–H groups in total. The fraction of sp³-hybridized carbons (Fsp3) is 0.263. The molecule has 0 aliphatic carbocycles. The molecule has 0 spiro atoms. The van der Waals surface area contributed by atoms with Gasteiger partial charge in [-0.05, 0) is 42.2 Å². The topological polar surface area (TPSA) is 41.6 Å². The Morgan fingerprint density at radius 1 is 1.09 bits per heavy atom. The van der Waals surface area contributed by atoms with Crippen LogP contribution in [0.2, 0.25) is 0 Å². The van der Waals surface area contributed by atoms with Crippen molar-refractivity contribution in [3.8, 4) is 0 Å². The number of unbranched alkanes of at least 4 members (excludes halogenated alkanes) is 2. The number of imidazole rings is 1. The summed E-state index contributed by atoms with van der Waals surface area (Å²) in [6, 6.07) is 14.4. The molecule has 0 saturated carbocycles. The molecule has 3 aromatic rings. The number of aromatic amines is 1. The van der Waals surface area contributed by atoms with Crippen molar-refractivity contribution >= 4 is 22.8 Å². The summed E-state index contributed by atoms with van der Waals surface area (Å²) in [6.07, 6.45) is 8.69. The zero-order valence-corrected chi connectivity index (χ0v) is 12.9. The lowest BCUT2D eigenvalue weighted by molar-refractivity contribution is 0.734. The van der Waals surface area contributed by atoms with Crippen LogP contribution in [0.1, 0.15) is 44.0 Å². The minimum atomic E-state index is 0.784. The maximum atomic E-state index is 4.65. The molecule has 2 aromatic heterocycles. The van der Waals surface area contributed by atoms with Crippen molar-refractivity contribution in [1.29, 1.82) is 0 Å². The molecule has 0 atom stereocenters. The number of allylic oxidation sites excluding steroid dienone is 1. The van der Waals surface area contributed by atoms with E-state index in [1.165, 1.54) is 30.4 Å². The molecule has 0 fully saturated rings. The second-order valence-electron chi connectivity index (χ2n) is 5.50. The lowest BCUT2D eigenvalue weighted by Crippen LogP contribution is -1.89. The van der Waals surface area contributed by atoms with Gasteiger partial charge < -0.3 is 4.98 Å². The molecule has 112 valence electrons. The van der Waals surface area contributed by atoms with E-state index in [-0.39, 0.29) is 0 Å². The highest BCUT2D eigenvalue weighted by Crippen LogP contribution is 2.23. The molecule has 3 rings (SSSR count). The van der Waals surface area contributed by atoms with E-state index in [1.807, 2.05) is 18.2 Å². The van der Waals surface area contributed by atoms with Crippen molar-refractivity contribution in [3.05, 3.63) is 60.0 Å². The number of nitrogens with zero attached hydrogens (tertiary/aromatic N) is 2. The van der Waals surface area contributed by atoms with Crippen LogP contribution in [-0.2, 0) is 0 Å². The standard InChI is InChI=1S/C19H21N3/c1-2-3-5-11-16(14-15-9-6-4-7-10-15)18-21-17-12-8-13-20-19(17)22-18/h4,6-10,12-14H,2-3,5,11H2,1H3,(H,20,21,22)/b16-14+. The van der Waals surface area contributed by atoms with Gasteiger partial charge in [0.15, 0.2) is 5.65 Å². The van der Waals surface area contributed by atoms with Crippen molar-refractivity contribution in [1.82, 2.24) is 15.0 Å². The quantitative estimate of drug-likeness (QED) is 0.643. The monoisotopic (exact) mass is 291 g/mol. The van der Waals surface area contributed by atoms with Gasteiger partial charge in [0, 0.05) is 6.20 Å². The van der Waals surface area contributed by atoms with E-state index in [1.54, 1.807) is 6.20 Å². The smallest absolute Gasteiger partial charge is 0.178 e. The molecule has 0 aliphatic rings. The molecule has 2 heterocycles. The number of rotatable bonds is 6. The van der Waals surface area contributed by atoms with Gasteiger partial charge in [0.05, 0.1) is 5.52 Å². The third-order valence-electron chi connectivity index (χ3n) is 3.75. The molecule has 3 heteroatoms. The van der Waals surface area contributed by atoms with Gasteiger partial charge in [-0.15, -0.1) is 0 Å². The number of hydrogen-bond acceptors (Lipinski definition) is 2. The van der Waals surface area contributed by atoms with Gasteiger partial charge in [0.1, 0.15) is 5.82 Å². The Hall–Kier alpha value is -2.42. The minimum Gasteiger partial charge on any atom is -0.337 e. The van der Waals surface area contributed by atoms with Gasteiger partial charge in [0.25, 0.3) is 0 Å². The summed E-state index contributed by atoms with van der Waals surface area (Å²) in [7, 11) is 0. The number of fused-ring (bicyclic) bond motifs is 1. The largest absolute Gasteiger partial charge is 0.337 e. The predicted octanol–water partition coefficient (Wildman–Crippen LogP) is 5.08. The van der Waals surface area contributed by atoms with Crippen LogP contribution in [0.15, 0.2) is 48.7 Å². The van der Waals surface area contributed by atoms with E-state index in [0.29, 0.717) is 0 Å². The van der Waals surface area contributed by atoms with Crippen molar-refractivity contribution in [2.75, 3.05) is 0 Å². The van der Waals surface area contributed by atoms with Crippen LogP contribution >= 0.6 is 0 Å². The van der Waals surface area contributed by atoms with Crippen molar-refractivity contribution in [3.63, 3.8) is 0 Å². The summed E-state index contributed by atoms with van der Waals surface area (Å²) in [6.45, 7) is 2.23. The summed E-state index contributed by atoms with van der Waals surface area (Å²) in [5.41, 5.74) is 4.24. The molecule has 0 saturated heterocycles. The zero-order chi connectivity index (χ0) is 15.2. The van der Waals surface area contributed by atoms with Gasteiger partial charge in [-0.1, -0.05) is 50.1 Å². The van der Waals surface area contributed by atoms with E-state index in [9.17, 15) is 0 Å². The Morgan fingerprint density at radius 2 is 1.95 bits per heavy atom. The van der Waals surface area contributed by atoms with E-state index < -0.39 is 0 Å². The Balaban J connectivity index is 1.95. The Labute approximate surface area is 131 Å². The lowest BCUT2D eigenvalue weighted by atomic mass is 10.0. The molecule has 0 unspecified atom stereocenters. The summed E-state index contributed by atoms with van der Waals surface area (Å²) in [5.74, 6) is 0.939. The van der Waals surface area contributed by atoms with Crippen LogP contribution in [-0.4, -0.2) is 15.0 Å². The highest BCUT2D eigenvalue weighted by atomic mass is 15.0. The molecule has 0 radical (unpaired) electrons. The first kappa shape index (κ1) is 14.5. The van der Waals surface area contributed by atoms with Gasteiger partial charge >= 0.3 is 0 Å². The van der Waals surface area contributed by atoms with E-state index in [0.717, 1.165) is 23.4 Å². The molecular formula is C19H21N3. The highest BCUT2D eigenvalue weighted by Gasteiger charge is 2.08. The number of benzene rings is 1. The molecule has 0 aliphatic heterocycles. The van der Waals surface area contributed by atoms with Crippen LogP contribution in [0.5, 0.6) is 0 Å². The fourth-order valence-electron chi connectivity index (χ4n) is 2.57. The SMILES string of the molecule is CCCCC/C(=C\c1ccccc1)c1nc2ncccc2[nH]1. The number of nitrogens with one attached hydrogen (secondary N) is 1. The van der Waals surface area contributed by atoms with Crippen LogP contribution in [0.25, 0.3) is 22.8 Å². The number of hydrogen-bond donors (Lipinski definition) is 1. The van der Waals surface area contributed by atoms with E-state index in [2.05, 4.69) is 52.2 Å². The molecule has 22 heavy (non-hydrogen) atoms. The Kier molecular flexibility index (Phi) is 4.64. The van der Waals surface area contributed by atoms with Crippen LogP contribution in [0, 0.1) is 0 Å². The number of aromatic nitrogens is 3. The first-order valence-corrected chi connectivity index (χ1v) is 7.93. The summed E-state index contributed by atoms with van der Waals surface area (Å²) >= 11 is 0. The second-order valence-corrected chi connectivity index (χ2v) is 5.50. The molecule has 1 aromatic carbocycles. The summed E-state index contributed by atoms with van der Waals surface area (Å²) in [4.78, 5) is 12.4. The van der Waals surface area contributed by atoms with E-state index >= 15 is 0 Å². The second kappa shape index (κ2) is 7.03. The van der Waals surface area contributed by atoms with Crippen LogP contribution in [0.3, 0.4) is 0 Å². The van der Waals surface area contributed by atoms with Crippen LogP contribution in [0.4, 0.5) is 0 Å². The summed E-state index contributed by atoms with van der Waals surface area (Å²) in [5, 5.41) is 0. The highest BCUT2D eigenvalue weighted by molar-refractivity contribution is 5.82. The van der Waals surface area contributed by atoms with Gasteiger partial charge in [-0.3, -0.25) is 0 Å². The third-order valence-corrected chi connectivity index (χ3v) is 3.75. The van der Waals surface area contributed by atoms with E-state index in [4.69, 9.17) is 0 Å². The Bertz CT molecular complexity index is 723. The molecule has 3 nitrogen and oxygen atoms in total. The normalized spacial score (nSPS) is 12.0. The van der Waals surface area contributed by atoms with Gasteiger partial charge in [0.2, 0.25) is 0 Å².